The lowest BCUT2D eigenvalue weighted by Gasteiger charge is -2.69. The Morgan fingerprint density at radius 1 is 1.08 bits per heavy atom. The van der Waals surface area contributed by atoms with Gasteiger partial charge in [-0.1, -0.05) is 34.1 Å². The second kappa shape index (κ2) is 8.06. The van der Waals surface area contributed by atoms with Gasteiger partial charge in [0.25, 0.3) is 0 Å². The van der Waals surface area contributed by atoms with Gasteiger partial charge in [0.1, 0.15) is 12.2 Å². The van der Waals surface area contributed by atoms with Crippen LogP contribution in [0, 0.1) is 45.3 Å². The SMILES string of the molecule is CC(O)CC(=O)O[C@H]1CC2[C@@]3(C)CCC[C@@]4(C[C@@H]4C)C3CC[C@@]2(C)[C@@H]2C[C@@H](O)C3=C(C(=O)O[C@H]3C)[C@@]12C. The fraction of sp³-hybridized carbons (Fsp3) is 0.871. The van der Waals surface area contributed by atoms with Crippen molar-refractivity contribution in [2.75, 3.05) is 0 Å². The van der Waals surface area contributed by atoms with E-state index in [2.05, 4.69) is 27.7 Å². The van der Waals surface area contributed by atoms with Crippen molar-refractivity contribution in [2.45, 2.75) is 124 Å². The van der Waals surface area contributed by atoms with Crippen molar-refractivity contribution in [1.29, 1.82) is 0 Å². The summed E-state index contributed by atoms with van der Waals surface area (Å²) in [6.07, 6.45) is 6.19. The fourth-order valence-electron chi connectivity index (χ4n) is 11.3. The maximum atomic E-state index is 13.3. The minimum absolute atomic E-state index is 0.00183. The summed E-state index contributed by atoms with van der Waals surface area (Å²) in [5.41, 5.74) is 1.07. The molecule has 4 fully saturated rings. The van der Waals surface area contributed by atoms with Gasteiger partial charge in [0.2, 0.25) is 0 Å². The number of carbonyl (C=O) groups excluding carboxylic acids is 2. The number of hydrogen-bond acceptors (Lipinski definition) is 6. The highest BCUT2D eigenvalue weighted by Crippen LogP contribution is 2.78. The molecule has 0 amide bonds. The van der Waals surface area contributed by atoms with E-state index in [0.717, 1.165) is 18.8 Å². The molecule has 2 N–H and O–H groups in total. The molecule has 6 aliphatic rings. The van der Waals surface area contributed by atoms with Crippen LogP contribution >= 0.6 is 0 Å². The molecule has 4 saturated carbocycles. The van der Waals surface area contributed by atoms with Gasteiger partial charge in [0, 0.05) is 11.0 Å². The molecule has 3 unspecified atom stereocenters. The monoisotopic (exact) mass is 514 g/mol. The first-order valence-electron chi connectivity index (χ1n) is 14.8. The molecule has 12 atom stereocenters. The number of carbonyl (C=O) groups is 2. The van der Waals surface area contributed by atoms with Crippen LogP contribution in [-0.4, -0.2) is 46.6 Å². The molecule has 1 spiro atoms. The summed E-state index contributed by atoms with van der Waals surface area (Å²) in [5.74, 6) is 1.03. The zero-order valence-electron chi connectivity index (χ0n) is 23.5. The molecule has 0 radical (unpaired) electrons. The molecule has 1 aliphatic heterocycles. The lowest BCUT2D eigenvalue weighted by molar-refractivity contribution is -0.226. The molecule has 1 heterocycles. The number of aliphatic hydroxyl groups excluding tert-OH is 2. The van der Waals surface area contributed by atoms with Gasteiger partial charge in [-0.15, -0.1) is 0 Å². The van der Waals surface area contributed by atoms with Gasteiger partial charge >= 0.3 is 11.9 Å². The van der Waals surface area contributed by atoms with Crippen LogP contribution in [0.2, 0.25) is 0 Å². The van der Waals surface area contributed by atoms with Crippen LogP contribution < -0.4 is 0 Å². The van der Waals surface area contributed by atoms with E-state index in [1.165, 1.54) is 32.1 Å². The summed E-state index contributed by atoms with van der Waals surface area (Å²) in [5, 5.41) is 21.3. The Balaban J connectivity index is 1.47. The van der Waals surface area contributed by atoms with E-state index in [-0.39, 0.29) is 29.1 Å². The van der Waals surface area contributed by atoms with Crippen molar-refractivity contribution in [3.63, 3.8) is 0 Å². The second-order valence-electron chi connectivity index (χ2n) is 14.6. The third-order valence-corrected chi connectivity index (χ3v) is 12.9. The Morgan fingerprint density at radius 3 is 2.41 bits per heavy atom. The van der Waals surface area contributed by atoms with E-state index in [0.29, 0.717) is 34.8 Å². The van der Waals surface area contributed by atoms with Crippen molar-refractivity contribution >= 4 is 11.9 Å². The number of ether oxygens (including phenoxy) is 2. The largest absolute Gasteiger partial charge is 0.461 e. The van der Waals surface area contributed by atoms with Crippen molar-refractivity contribution in [2.24, 2.45) is 45.3 Å². The molecule has 37 heavy (non-hydrogen) atoms. The van der Waals surface area contributed by atoms with E-state index >= 15 is 0 Å². The highest BCUT2D eigenvalue weighted by Gasteiger charge is 2.73. The van der Waals surface area contributed by atoms with Crippen LogP contribution in [0.15, 0.2) is 11.1 Å². The molecule has 5 aliphatic carbocycles. The lowest BCUT2D eigenvalue weighted by atomic mass is 9.35. The maximum absolute atomic E-state index is 13.3. The van der Waals surface area contributed by atoms with Gasteiger partial charge in [0.15, 0.2) is 0 Å². The van der Waals surface area contributed by atoms with Crippen molar-refractivity contribution < 1.29 is 29.3 Å². The molecule has 0 bridgehead atoms. The highest BCUT2D eigenvalue weighted by atomic mass is 16.6. The summed E-state index contributed by atoms with van der Waals surface area (Å²) in [4.78, 5) is 26.4. The first-order valence-corrected chi connectivity index (χ1v) is 14.8. The van der Waals surface area contributed by atoms with Crippen LogP contribution in [0.25, 0.3) is 0 Å². The van der Waals surface area contributed by atoms with E-state index in [1.54, 1.807) is 6.92 Å². The fourth-order valence-corrected chi connectivity index (χ4v) is 11.3. The Labute approximate surface area is 221 Å². The Bertz CT molecular complexity index is 1050. The number of aliphatic hydroxyl groups is 2. The van der Waals surface area contributed by atoms with Crippen LogP contribution in [0.5, 0.6) is 0 Å². The van der Waals surface area contributed by atoms with Gasteiger partial charge < -0.3 is 19.7 Å². The van der Waals surface area contributed by atoms with Crippen molar-refractivity contribution in [3.05, 3.63) is 11.1 Å². The number of fused-ring (bicyclic) bond motifs is 7. The van der Waals surface area contributed by atoms with E-state index in [4.69, 9.17) is 9.47 Å². The predicted molar refractivity (Wildman–Crippen MR) is 138 cm³/mol. The average molecular weight is 515 g/mol. The van der Waals surface area contributed by atoms with E-state index < -0.39 is 35.8 Å². The molecular weight excluding hydrogens is 468 g/mol. The topological polar surface area (TPSA) is 93.1 Å². The van der Waals surface area contributed by atoms with E-state index in [1.807, 2.05) is 6.92 Å². The maximum Gasteiger partial charge on any atom is 0.335 e. The van der Waals surface area contributed by atoms with Gasteiger partial charge in [-0.2, -0.15) is 0 Å². The molecule has 0 aromatic heterocycles. The first-order chi connectivity index (χ1) is 17.3. The quantitative estimate of drug-likeness (QED) is 0.518. The molecule has 0 saturated heterocycles. The van der Waals surface area contributed by atoms with Gasteiger partial charge in [-0.05, 0) is 98.7 Å². The molecule has 6 heteroatoms. The van der Waals surface area contributed by atoms with Crippen LogP contribution in [0.1, 0.15) is 99.3 Å². The normalized spacial score (nSPS) is 53.0. The van der Waals surface area contributed by atoms with Crippen LogP contribution in [0.3, 0.4) is 0 Å². The van der Waals surface area contributed by atoms with Crippen molar-refractivity contribution in [3.8, 4) is 0 Å². The summed E-state index contributed by atoms with van der Waals surface area (Å²) >= 11 is 0. The average Bonchev–Trinajstić information content (AvgIpc) is 3.30. The molecule has 6 rings (SSSR count). The van der Waals surface area contributed by atoms with Crippen molar-refractivity contribution in [1.82, 2.24) is 0 Å². The van der Waals surface area contributed by atoms with Gasteiger partial charge in [-0.25, -0.2) is 4.79 Å². The summed E-state index contributed by atoms with van der Waals surface area (Å²) in [7, 11) is 0. The molecule has 206 valence electrons. The second-order valence-corrected chi connectivity index (χ2v) is 14.6. The third-order valence-electron chi connectivity index (χ3n) is 12.9. The standard InChI is InChI=1S/C31H46O6/c1-16-15-31(16)10-7-9-28(4)20(31)8-11-29(5)21(28)14-23(37-24(34)12-17(2)32)30(6)22(29)13-19(33)25-18(3)36-27(35)26(25)30/h16-23,32-33H,7-15H2,1-6H3/t16-,17?,18-,19+,20?,21?,22-,23-,28-,29+,30+,31-/m0/s1. The van der Waals surface area contributed by atoms with Crippen LogP contribution in [0.4, 0.5) is 0 Å². The van der Waals surface area contributed by atoms with Gasteiger partial charge in [0.05, 0.1) is 24.2 Å². The summed E-state index contributed by atoms with van der Waals surface area (Å²) in [6, 6.07) is 0. The number of esters is 2. The molecule has 0 aromatic carbocycles. The highest BCUT2D eigenvalue weighted by molar-refractivity contribution is 5.94. The van der Waals surface area contributed by atoms with Crippen LogP contribution in [-0.2, 0) is 19.1 Å². The zero-order chi connectivity index (χ0) is 26.7. The predicted octanol–water partition coefficient (Wildman–Crippen LogP) is 4.95. The summed E-state index contributed by atoms with van der Waals surface area (Å²) < 4.78 is 12.0. The molecule has 6 nitrogen and oxygen atoms in total. The van der Waals surface area contributed by atoms with E-state index in [9.17, 15) is 19.8 Å². The Morgan fingerprint density at radius 2 is 1.76 bits per heavy atom. The smallest absolute Gasteiger partial charge is 0.335 e. The molecular formula is C31H46O6. The number of rotatable bonds is 3. The van der Waals surface area contributed by atoms with Gasteiger partial charge in [-0.3, -0.25) is 4.79 Å². The first kappa shape index (κ1) is 25.9. The zero-order valence-corrected chi connectivity index (χ0v) is 23.5. The Kier molecular flexibility index (Phi) is 5.63. The third kappa shape index (κ3) is 3.30. The number of cyclic esters (lactones) is 1. The number of hydrogen-bond donors (Lipinski definition) is 2. The molecule has 0 aromatic rings. The minimum Gasteiger partial charge on any atom is -0.461 e. The lowest BCUT2D eigenvalue weighted by Crippen LogP contribution is -2.66. The minimum atomic E-state index is -0.782. The summed E-state index contributed by atoms with van der Waals surface area (Å²) in [6.45, 7) is 12.9. The Hall–Kier alpha value is -1.40.